The van der Waals surface area contributed by atoms with Crippen molar-refractivity contribution in [3.8, 4) is 11.5 Å². The van der Waals surface area contributed by atoms with E-state index in [4.69, 9.17) is 9.47 Å². The van der Waals surface area contributed by atoms with Crippen molar-refractivity contribution in [2.75, 3.05) is 19.5 Å². The molecular weight excluding hydrogens is 521 g/mol. The fourth-order valence-corrected chi connectivity index (χ4v) is 5.82. The van der Waals surface area contributed by atoms with Gasteiger partial charge in [-0.25, -0.2) is 4.39 Å². The second-order valence-corrected chi connectivity index (χ2v) is 10.6. The molecule has 0 bridgehead atoms. The average molecular weight is 546 g/mol. The molecule has 1 saturated heterocycles. The lowest BCUT2D eigenvalue weighted by Gasteiger charge is -2.13. The van der Waals surface area contributed by atoms with Crippen molar-refractivity contribution in [1.82, 2.24) is 4.90 Å². The van der Waals surface area contributed by atoms with E-state index in [1.165, 1.54) is 27.8 Å². The van der Waals surface area contributed by atoms with E-state index in [-0.39, 0.29) is 23.5 Å². The normalized spacial score (nSPS) is 14.5. The molecule has 0 spiro atoms. The van der Waals surface area contributed by atoms with Crippen molar-refractivity contribution in [3.05, 3.63) is 107 Å². The minimum absolute atomic E-state index is 0.0924. The van der Waals surface area contributed by atoms with Crippen LogP contribution in [0.1, 0.15) is 11.1 Å². The molecule has 192 valence electrons. The van der Waals surface area contributed by atoms with Crippen LogP contribution in [0.4, 0.5) is 9.18 Å². The van der Waals surface area contributed by atoms with Crippen molar-refractivity contribution >= 4 is 51.5 Å². The minimum atomic E-state index is -0.380. The van der Waals surface area contributed by atoms with Gasteiger partial charge in [-0.2, -0.15) is 0 Å². The van der Waals surface area contributed by atoms with Gasteiger partial charge in [-0.3, -0.25) is 14.5 Å². The van der Waals surface area contributed by atoms with Crippen molar-refractivity contribution in [3.63, 3.8) is 0 Å². The number of fused-ring (bicyclic) bond motifs is 1. The highest BCUT2D eigenvalue weighted by molar-refractivity contribution is 8.18. The summed E-state index contributed by atoms with van der Waals surface area (Å²) in [7, 11) is 1.56. The molecule has 0 radical (unpaired) electrons. The third-order valence-corrected chi connectivity index (χ3v) is 7.91. The lowest BCUT2D eigenvalue weighted by atomic mass is 10.1. The summed E-state index contributed by atoms with van der Waals surface area (Å²) in [5.41, 5.74) is 1.39. The third kappa shape index (κ3) is 5.87. The summed E-state index contributed by atoms with van der Waals surface area (Å²) in [5.74, 6) is 1.16. The standard InChI is InChI=1S/C30H24FNO4S2/c1-35-26-17-21(18-28-29(33)32(30(34)38-28)19-20-9-12-23(31)13-10-20)11-14-25(26)36-15-16-37-27-8-4-6-22-5-2-3-7-24(22)27/h2-14,17-18H,15-16,19H2,1H3/b28-18-. The minimum Gasteiger partial charge on any atom is -0.493 e. The Morgan fingerprint density at radius 3 is 2.55 bits per heavy atom. The molecule has 0 aliphatic carbocycles. The van der Waals surface area contributed by atoms with Gasteiger partial charge in [-0.05, 0) is 70.1 Å². The van der Waals surface area contributed by atoms with Crippen molar-refractivity contribution in [2.45, 2.75) is 11.4 Å². The highest BCUT2D eigenvalue weighted by Gasteiger charge is 2.35. The Hall–Kier alpha value is -3.75. The number of carbonyl (C=O) groups is 2. The predicted molar refractivity (Wildman–Crippen MR) is 151 cm³/mol. The van der Waals surface area contributed by atoms with Crippen LogP contribution >= 0.6 is 23.5 Å². The zero-order valence-corrected chi connectivity index (χ0v) is 22.2. The molecule has 1 fully saturated rings. The third-order valence-electron chi connectivity index (χ3n) is 5.96. The van der Waals surface area contributed by atoms with Gasteiger partial charge < -0.3 is 9.47 Å². The lowest BCUT2D eigenvalue weighted by molar-refractivity contribution is -0.123. The Balaban J connectivity index is 1.22. The molecule has 0 N–H and O–H groups in total. The number of methoxy groups -OCH3 is 1. The number of benzene rings is 4. The fraction of sp³-hybridized carbons (Fsp3) is 0.133. The molecule has 1 aliphatic heterocycles. The Morgan fingerprint density at radius 2 is 1.74 bits per heavy atom. The predicted octanol–water partition coefficient (Wildman–Crippen LogP) is 7.40. The number of carbonyl (C=O) groups excluding carboxylic acids is 2. The summed E-state index contributed by atoms with van der Waals surface area (Å²) >= 11 is 2.62. The first kappa shape index (κ1) is 25.9. The zero-order valence-electron chi connectivity index (χ0n) is 20.6. The van der Waals surface area contributed by atoms with E-state index >= 15 is 0 Å². The Bertz CT molecular complexity index is 1520. The number of amides is 2. The molecule has 2 amide bonds. The van der Waals surface area contributed by atoms with Crippen molar-refractivity contribution in [1.29, 1.82) is 0 Å². The van der Waals surface area contributed by atoms with Crippen LogP contribution in [0.15, 0.2) is 94.7 Å². The number of hydrogen-bond donors (Lipinski definition) is 0. The summed E-state index contributed by atoms with van der Waals surface area (Å²) in [5, 5.41) is 2.08. The highest BCUT2D eigenvalue weighted by Crippen LogP contribution is 2.35. The van der Waals surface area contributed by atoms with Crippen LogP contribution in [-0.2, 0) is 11.3 Å². The maximum atomic E-state index is 13.2. The number of ether oxygens (including phenoxy) is 2. The first-order chi connectivity index (χ1) is 18.5. The van der Waals surface area contributed by atoms with Crippen LogP contribution in [0.2, 0.25) is 0 Å². The van der Waals surface area contributed by atoms with Gasteiger partial charge in [-0.15, -0.1) is 11.8 Å². The summed E-state index contributed by atoms with van der Waals surface area (Å²) in [6.45, 7) is 0.584. The van der Waals surface area contributed by atoms with Crippen LogP contribution in [-0.4, -0.2) is 35.5 Å². The van der Waals surface area contributed by atoms with Gasteiger partial charge in [0.2, 0.25) is 0 Å². The van der Waals surface area contributed by atoms with E-state index in [9.17, 15) is 14.0 Å². The van der Waals surface area contributed by atoms with Gasteiger partial charge in [0.25, 0.3) is 11.1 Å². The fourth-order valence-electron chi connectivity index (χ4n) is 4.08. The summed E-state index contributed by atoms with van der Waals surface area (Å²) in [6, 6.07) is 25.7. The summed E-state index contributed by atoms with van der Waals surface area (Å²) in [6.07, 6.45) is 1.66. The molecule has 8 heteroatoms. The molecule has 4 aromatic rings. The molecule has 4 aromatic carbocycles. The smallest absolute Gasteiger partial charge is 0.293 e. The van der Waals surface area contributed by atoms with Crippen molar-refractivity contribution < 1.29 is 23.5 Å². The van der Waals surface area contributed by atoms with Crippen molar-refractivity contribution in [2.24, 2.45) is 0 Å². The number of imide groups is 1. The molecule has 5 rings (SSSR count). The Kier molecular flexibility index (Phi) is 8.00. The van der Waals surface area contributed by atoms with E-state index in [0.717, 1.165) is 22.4 Å². The van der Waals surface area contributed by atoms with Gasteiger partial charge >= 0.3 is 0 Å². The van der Waals surface area contributed by atoms with Crippen LogP contribution in [0.3, 0.4) is 0 Å². The first-order valence-electron chi connectivity index (χ1n) is 11.9. The van der Waals surface area contributed by atoms with E-state index in [1.807, 2.05) is 18.2 Å². The second kappa shape index (κ2) is 11.8. The Labute approximate surface area is 228 Å². The van der Waals surface area contributed by atoms with Gasteiger partial charge in [0.1, 0.15) is 5.82 Å². The molecule has 1 aliphatic rings. The first-order valence-corrected chi connectivity index (χ1v) is 13.7. The molecule has 0 aromatic heterocycles. The number of rotatable bonds is 9. The SMILES string of the molecule is COc1cc(/C=C2\SC(=O)N(Cc3ccc(F)cc3)C2=O)ccc1OCCSc1cccc2ccccc12. The maximum Gasteiger partial charge on any atom is 0.293 e. The summed E-state index contributed by atoms with van der Waals surface area (Å²) in [4.78, 5) is 28.0. The van der Waals surface area contributed by atoms with Crippen LogP contribution in [0.5, 0.6) is 11.5 Å². The van der Waals surface area contributed by atoms with E-state index in [2.05, 4.69) is 30.3 Å². The number of hydrogen-bond acceptors (Lipinski definition) is 6. The van der Waals surface area contributed by atoms with Crippen LogP contribution in [0, 0.1) is 5.82 Å². The van der Waals surface area contributed by atoms with E-state index in [0.29, 0.717) is 34.1 Å². The molecular formula is C30H24FNO4S2. The zero-order chi connectivity index (χ0) is 26.5. The van der Waals surface area contributed by atoms with Crippen LogP contribution < -0.4 is 9.47 Å². The van der Waals surface area contributed by atoms with Gasteiger partial charge in [0, 0.05) is 10.6 Å². The molecule has 0 saturated carbocycles. The Morgan fingerprint density at radius 1 is 0.947 bits per heavy atom. The monoisotopic (exact) mass is 545 g/mol. The number of nitrogens with zero attached hydrogens (tertiary/aromatic N) is 1. The quantitative estimate of drug-likeness (QED) is 0.124. The lowest BCUT2D eigenvalue weighted by Crippen LogP contribution is -2.27. The van der Waals surface area contributed by atoms with Gasteiger partial charge in [0.15, 0.2) is 11.5 Å². The number of thioether (sulfide) groups is 2. The van der Waals surface area contributed by atoms with Gasteiger partial charge in [-0.1, -0.05) is 54.6 Å². The molecule has 38 heavy (non-hydrogen) atoms. The largest absolute Gasteiger partial charge is 0.493 e. The molecule has 1 heterocycles. The van der Waals surface area contributed by atoms with E-state index < -0.39 is 0 Å². The van der Waals surface area contributed by atoms with Crippen LogP contribution in [0.25, 0.3) is 16.8 Å². The average Bonchev–Trinajstić information content (AvgIpc) is 3.20. The molecule has 5 nitrogen and oxygen atoms in total. The van der Waals surface area contributed by atoms with Gasteiger partial charge in [0.05, 0.1) is 25.2 Å². The topological polar surface area (TPSA) is 55.8 Å². The number of halogens is 1. The maximum absolute atomic E-state index is 13.2. The van der Waals surface area contributed by atoms with E-state index in [1.54, 1.807) is 49.2 Å². The summed E-state index contributed by atoms with van der Waals surface area (Å²) < 4.78 is 24.7. The highest BCUT2D eigenvalue weighted by atomic mass is 32.2. The second-order valence-electron chi connectivity index (χ2n) is 8.48. The molecule has 0 atom stereocenters. The molecule has 0 unspecified atom stereocenters.